The summed E-state index contributed by atoms with van der Waals surface area (Å²) in [5.74, 6) is -4.01. The van der Waals surface area contributed by atoms with E-state index in [-0.39, 0.29) is 28.1 Å². The lowest BCUT2D eigenvalue weighted by molar-refractivity contribution is -0.171. The van der Waals surface area contributed by atoms with Crippen LogP contribution >= 0.6 is 0 Å². The zero-order chi connectivity index (χ0) is 25.1. The minimum atomic E-state index is -4.75. The lowest BCUT2D eigenvalue weighted by Crippen LogP contribution is -2.33. The lowest BCUT2D eigenvalue weighted by atomic mass is 9.78. The molecule has 1 aromatic rings. The molecule has 0 bridgehead atoms. The monoisotopic (exact) mass is 469 g/mol. The third-order valence-electron chi connectivity index (χ3n) is 4.96. The van der Waals surface area contributed by atoms with E-state index in [2.05, 4.69) is 5.32 Å². The Hall–Kier alpha value is -3.30. The van der Waals surface area contributed by atoms with Gasteiger partial charge in [0.05, 0.1) is 35.2 Å². The van der Waals surface area contributed by atoms with Crippen molar-refractivity contribution in [2.45, 2.75) is 46.7 Å². The van der Waals surface area contributed by atoms with Gasteiger partial charge in [-0.3, -0.25) is 4.79 Å². The molecule has 0 spiro atoms. The second kappa shape index (κ2) is 9.68. The van der Waals surface area contributed by atoms with Crippen LogP contribution in [0.2, 0.25) is 0 Å². The van der Waals surface area contributed by atoms with Crippen molar-refractivity contribution in [3.8, 4) is 0 Å². The molecule has 1 N–H and O–H groups in total. The summed E-state index contributed by atoms with van der Waals surface area (Å²) >= 11 is 0. The van der Waals surface area contributed by atoms with Crippen LogP contribution in [0.5, 0.6) is 0 Å². The van der Waals surface area contributed by atoms with Crippen molar-refractivity contribution in [1.29, 1.82) is 0 Å². The van der Waals surface area contributed by atoms with Gasteiger partial charge >= 0.3 is 24.1 Å². The molecule has 0 aromatic heterocycles. The molecule has 1 aliphatic rings. The first-order chi connectivity index (χ1) is 15.2. The molecule has 0 saturated heterocycles. The number of carbonyl (C=O) groups excluding carboxylic acids is 3. The van der Waals surface area contributed by atoms with Crippen molar-refractivity contribution in [2.75, 3.05) is 13.9 Å². The fourth-order valence-corrected chi connectivity index (χ4v) is 3.39. The van der Waals surface area contributed by atoms with E-state index in [1.807, 2.05) is 0 Å². The van der Waals surface area contributed by atoms with E-state index in [1.165, 1.54) is 32.0 Å². The maximum absolute atomic E-state index is 13.8. The van der Waals surface area contributed by atoms with Gasteiger partial charge < -0.3 is 19.5 Å². The fraction of sp³-hybridized carbons (Fsp3) is 0.435. The van der Waals surface area contributed by atoms with Gasteiger partial charge in [-0.15, -0.1) is 0 Å². The smallest absolute Gasteiger partial charge is 0.416 e. The SMILES string of the molecule is COC(=O)C1=C(C)NC(C)=C(C(=O)OCOC(=O)C(C)(C)C)C1c1ccccc1C(F)(F)F. The van der Waals surface area contributed by atoms with Gasteiger partial charge in [0.25, 0.3) is 0 Å². The zero-order valence-electron chi connectivity index (χ0n) is 19.2. The summed E-state index contributed by atoms with van der Waals surface area (Å²) in [5, 5.41) is 2.83. The van der Waals surface area contributed by atoms with Gasteiger partial charge in [-0.1, -0.05) is 18.2 Å². The summed E-state index contributed by atoms with van der Waals surface area (Å²) in [4.78, 5) is 37.5. The zero-order valence-corrected chi connectivity index (χ0v) is 19.2. The summed E-state index contributed by atoms with van der Waals surface area (Å²) in [5.41, 5.74) is -2.15. The quantitative estimate of drug-likeness (QED) is 0.511. The molecular formula is C23H26F3NO6. The van der Waals surface area contributed by atoms with Crippen molar-refractivity contribution in [3.63, 3.8) is 0 Å². The van der Waals surface area contributed by atoms with Gasteiger partial charge in [-0.05, 0) is 46.2 Å². The summed E-state index contributed by atoms with van der Waals surface area (Å²) in [6.07, 6.45) is -4.75. The number of esters is 3. The number of rotatable bonds is 5. The number of methoxy groups -OCH3 is 1. The van der Waals surface area contributed by atoms with Gasteiger partial charge in [0.15, 0.2) is 0 Å². The minimum Gasteiger partial charge on any atom is -0.466 e. The number of benzene rings is 1. The van der Waals surface area contributed by atoms with Crippen LogP contribution in [0.1, 0.15) is 51.7 Å². The summed E-state index contributed by atoms with van der Waals surface area (Å²) in [6.45, 7) is 7.04. The number of hydrogen-bond donors (Lipinski definition) is 1. The highest BCUT2D eigenvalue weighted by molar-refractivity contribution is 6.00. The van der Waals surface area contributed by atoms with E-state index in [0.717, 1.165) is 13.2 Å². The Morgan fingerprint density at radius 1 is 0.939 bits per heavy atom. The van der Waals surface area contributed by atoms with Crippen molar-refractivity contribution in [3.05, 3.63) is 57.9 Å². The molecule has 0 radical (unpaired) electrons. The number of halogens is 3. The van der Waals surface area contributed by atoms with E-state index < -0.39 is 47.8 Å². The van der Waals surface area contributed by atoms with E-state index >= 15 is 0 Å². The van der Waals surface area contributed by atoms with Crippen LogP contribution in [-0.4, -0.2) is 31.8 Å². The first-order valence-electron chi connectivity index (χ1n) is 9.97. The highest BCUT2D eigenvalue weighted by atomic mass is 19.4. The number of alkyl halides is 3. The Kier molecular flexibility index (Phi) is 7.61. The van der Waals surface area contributed by atoms with Crippen LogP contribution in [0.3, 0.4) is 0 Å². The Morgan fingerprint density at radius 2 is 1.48 bits per heavy atom. The predicted octanol–water partition coefficient (Wildman–Crippen LogP) is 4.20. The van der Waals surface area contributed by atoms with Gasteiger partial charge in [-0.2, -0.15) is 13.2 Å². The van der Waals surface area contributed by atoms with Gasteiger partial charge in [0.2, 0.25) is 6.79 Å². The maximum atomic E-state index is 13.8. The molecule has 1 aliphatic heterocycles. The predicted molar refractivity (Wildman–Crippen MR) is 111 cm³/mol. The Balaban J connectivity index is 2.55. The Labute approximate surface area is 189 Å². The molecule has 0 aliphatic carbocycles. The number of dihydropyridines is 1. The maximum Gasteiger partial charge on any atom is 0.416 e. The van der Waals surface area contributed by atoms with Crippen LogP contribution in [-0.2, 0) is 34.8 Å². The van der Waals surface area contributed by atoms with Crippen molar-refractivity contribution >= 4 is 17.9 Å². The minimum absolute atomic E-state index is 0.168. The number of nitrogens with one attached hydrogen (secondary N) is 1. The second-order valence-electron chi connectivity index (χ2n) is 8.44. The van der Waals surface area contributed by atoms with Crippen LogP contribution in [0, 0.1) is 5.41 Å². The molecule has 0 fully saturated rings. The lowest BCUT2D eigenvalue weighted by Gasteiger charge is -2.31. The van der Waals surface area contributed by atoms with Gasteiger partial charge in [0.1, 0.15) is 0 Å². The molecule has 1 heterocycles. The molecule has 0 amide bonds. The molecule has 2 rings (SSSR count). The fourth-order valence-electron chi connectivity index (χ4n) is 3.39. The van der Waals surface area contributed by atoms with Crippen molar-refractivity contribution in [1.82, 2.24) is 5.32 Å². The normalized spacial score (nSPS) is 16.8. The molecule has 33 heavy (non-hydrogen) atoms. The van der Waals surface area contributed by atoms with E-state index in [4.69, 9.17) is 14.2 Å². The average Bonchev–Trinajstić information content (AvgIpc) is 2.71. The van der Waals surface area contributed by atoms with E-state index in [1.54, 1.807) is 20.8 Å². The average molecular weight is 469 g/mol. The summed E-state index contributed by atoms with van der Waals surface area (Å²) in [7, 11) is 1.09. The first kappa shape index (κ1) is 26.0. The van der Waals surface area contributed by atoms with Crippen molar-refractivity contribution < 1.29 is 41.8 Å². The highest BCUT2D eigenvalue weighted by Gasteiger charge is 2.43. The summed E-state index contributed by atoms with van der Waals surface area (Å²) < 4.78 is 56.2. The number of carbonyl (C=O) groups is 3. The van der Waals surface area contributed by atoms with Gasteiger partial charge in [-0.25, -0.2) is 9.59 Å². The largest absolute Gasteiger partial charge is 0.466 e. The molecule has 1 aromatic carbocycles. The molecular weight excluding hydrogens is 443 g/mol. The van der Waals surface area contributed by atoms with E-state index in [9.17, 15) is 27.6 Å². The standard InChI is InChI=1S/C23H26F3NO6/c1-12-16(19(28)31-6)18(14-9-7-8-10-15(14)23(24,25)26)17(13(2)27-12)20(29)32-11-33-21(30)22(3,4)5/h7-10,18,27H,11H2,1-6H3. The summed E-state index contributed by atoms with van der Waals surface area (Å²) in [6, 6.07) is 4.64. The second-order valence-corrected chi connectivity index (χ2v) is 8.44. The Bertz CT molecular complexity index is 1020. The van der Waals surface area contributed by atoms with E-state index in [0.29, 0.717) is 0 Å². The van der Waals surface area contributed by atoms with Crippen LogP contribution in [0.25, 0.3) is 0 Å². The first-order valence-corrected chi connectivity index (χ1v) is 9.97. The topological polar surface area (TPSA) is 90.9 Å². The number of allylic oxidation sites excluding steroid dienone is 2. The van der Waals surface area contributed by atoms with Crippen LogP contribution in [0.4, 0.5) is 13.2 Å². The third-order valence-corrected chi connectivity index (χ3v) is 4.96. The molecule has 7 nitrogen and oxygen atoms in total. The van der Waals surface area contributed by atoms with Crippen LogP contribution < -0.4 is 5.32 Å². The Morgan fingerprint density at radius 3 is 2.00 bits per heavy atom. The van der Waals surface area contributed by atoms with Gasteiger partial charge in [0, 0.05) is 11.4 Å². The molecule has 180 valence electrons. The molecule has 1 unspecified atom stereocenters. The third kappa shape index (κ3) is 5.74. The molecule has 10 heteroatoms. The number of hydrogen-bond acceptors (Lipinski definition) is 7. The van der Waals surface area contributed by atoms with Crippen molar-refractivity contribution in [2.24, 2.45) is 5.41 Å². The molecule has 0 saturated carbocycles. The highest BCUT2D eigenvalue weighted by Crippen LogP contribution is 2.44. The van der Waals surface area contributed by atoms with Crippen LogP contribution in [0.15, 0.2) is 46.8 Å². The number of ether oxygens (including phenoxy) is 3. The molecule has 1 atom stereocenters.